The molecule has 0 spiro atoms. The first kappa shape index (κ1) is 17.2. The summed E-state index contributed by atoms with van der Waals surface area (Å²) in [6, 6.07) is 5.06. The van der Waals surface area contributed by atoms with Gasteiger partial charge in [0.2, 0.25) is 5.91 Å². The summed E-state index contributed by atoms with van der Waals surface area (Å²) < 4.78 is 4.90. The zero-order valence-electron chi connectivity index (χ0n) is 11.6. The van der Waals surface area contributed by atoms with E-state index in [0.29, 0.717) is 23.1 Å². The maximum atomic E-state index is 11.8. The molecule has 0 aliphatic rings. The van der Waals surface area contributed by atoms with Gasteiger partial charge in [-0.1, -0.05) is 29.3 Å². The lowest BCUT2D eigenvalue weighted by Crippen LogP contribution is -2.41. The van der Waals surface area contributed by atoms with Crippen molar-refractivity contribution in [2.75, 3.05) is 20.3 Å². The number of hydrogen-bond donors (Lipinski definition) is 2. The van der Waals surface area contributed by atoms with Gasteiger partial charge in [-0.15, -0.1) is 0 Å². The highest BCUT2D eigenvalue weighted by Crippen LogP contribution is 2.22. The van der Waals surface area contributed by atoms with Crippen molar-refractivity contribution < 1.29 is 14.6 Å². The monoisotopic (exact) mass is 319 g/mol. The van der Waals surface area contributed by atoms with Crippen LogP contribution in [0.3, 0.4) is 0 Å². The Hall–Kier alpha value is -0.810. The summed E-state index contributed by atoms with van der Waals surface area (Å²) in [6.45, 7) is 2.28. The standard InChI is InChI=1S/C14H19Cl2NO3/c1-14(19,5-6-20-2)9-17-13(18)8-10-3-4-11(15)12(16)7-10/h3-4,7,19H,5-6,8-9H2,1-2H3,(H,17,18). The van der Waals surface area contributed by atoms with Crippen LogP contribution in [0.4, 0.5) is 0 Å². The summed E-state index contributed by atoms with van der Waals surface area (Å²) in [5.74, 6) is -0.180. The third-order valence-corrected chi connectivity index (χ3v) is 3.60. The van der Waals surface area contributed by atoms with Crippen molar-refractivity contribution in [2.24, 2.45) is 0 Å². The molecule has 0 aliphatic carbocycles. The Balaban J connectivity index is 2.45. The lowest BCUT2D eigenvalue weighted by molar-refractivity contribution is -0.121. The molecule has 0 saturated heterocycles. The Labute approximate surface area is 129 Å². The van der Waals surface area contributed by atoms with Gasteiger partial charge in [-0.25, -0.2) is 0 Å². The molecule has 0 fully saturated rings. The van der Waals surface area contributed by atoms with E-state index in [9.17, 15) is 9.90 Å². The molecular weight excluding hydrogens is 301 g/mol. The van der Waals surface area contributed by atoms with E-state index in [4.69, 9.17) is 27.9 Å². The molecule has 1 atom stereocenters. The molecule has 1 aromatic carbocycles. The van der Waals surface area contributed by atoms with Crippen LogP contribution in [0.25, 0.3) is 0 Å². The van der Waals surface area contributed by atoms with Crippen LogP contribution in [-0.2, 0) is 16.0 Å². The lowest BCUT2D eigenvalue weighted by atomic mass is 10.0. The van der Waals surface area contributed by atoms with E-state index in [0.717, 1.165) is 5.56 Å². The summed E-state index contributed by atoms with van der Waals surface area (Å²) in [7, 11) is 1.57. The lowest BCUT2D eigenvalue weighted by Gasteiger charge is -2.23. The van der Waals surface area contributed by atoms with Crippen LogP contribution in [0.5, 0.6) is 0 Å². The minimum Gasteiger partial charge on any atom is -0.388 e. The number of hydrogen-bond acceptors (Lipinski definition) is 3. The number of halogens is 2. The number of benzene rings is 1. The summed E-state index contributed by atoms with van der Waals surface area (Å²) in [5.41, 5.74) is -0.211. The van der Waals surface area contributed by atoms with Crippen LogP contribution in [0.15, 0.2) is 18.2 Å². The SMILES string of the molecule is COCCC(C)(O)CNC(=O)Cc1ccc(Cl)c(Cl)c1. The van der Waals surface area contributed by atoms with Crippen molar-refractivity contribution in [1.29, 1.82) is 0 Å². The number of methoxy groups -OCH3 is 1. The average molecular weight is 320 g/mol. The molecule has 2 N–H and O–H groups in total. The molecule has 1 unspecified atom stereocenters. The van der Waals surface area contributed by atoms with Crippen LogP contribution in [-0.4, -0.2) is 36.9 Å². The second kappa shape index (κ2) is 7.84. The Morgan fingerprint density at radius 2 is 2.10 bits per heavy atom. The topological polar surface area (TPSA) is 58.6 Å². The largest absolute Gasteiger partial charge is 0.388 e. The van der Waals surface area contributed by atoms with E-state index < -0.39 is 5.60 Å². The van der Waals surface area contributed by atoms with Gasteiger partial charge in [0.25, 0.3) is 0 Å². The van der Waals surface area contributed by atoms with E-state index in [1.165, 1.54) is 0 Å². The highest BCUT2D eigenvalue weighted by molar-refractivity contribution is 6.42. The fourth-order valence-electron chi connectivity index (χ4n) is 1.60. The molecule has 0 aromatic heterocycles. The predicted molar refractivity (Wildman–Crippen MR) is 80.3 cm³/mol. The van der Waals surface area contributed by atoms with Gasteiger partial charge in [-0.3, -0.25) is 4.79 Å². The Morgan fingerprint density at radius 3 is 2.70 bits per heavy atom. The Bertz CT molecular complexity index is 464. The highest BCUT2D eigenvalue weighted by Gasteiger charge is 2.20. The Morgan fingerprint density at radius 1 is 1.40 bits per heavy atom. The number of carbonyl (C=O) groups excluding carboxylic acids is 1. The average Bonchev–Trinajstić information content (AvgIpc) is 2.39. The summed E-state index contributed by atoms with van der Waals surface area (Å²) in [4.78, 5) is 11.8. The molecule has 0 radical (unpaired) electrons. The summed E-state index contributed by atoms with van der Waals surface area (Å²) >= 11 is 11.7. The molecule has 0 bridgehead atoms. The third-order valence-electron chi connectivity index (χ3n) is 2.86. The van der Waals surface area contributed by atoms with E-state index in [1.54, 1.807) is 32.2 Å². The molecule has 1 amide bonds. The van der Waals surface area contributed by atoms with Gasteiger partial charge in [-0.2, -0.15) is 0 Å². The van der Waals surface area contributed by atoms with Crippen LogP contribution < -0.4 is 5.32 Å². The van der Waals surface area contributed by atoms with Crippen molar-refractivity contribution in [3.8, 4) is 0 Å². The van der Waals surface area contributed by atoms with E-state index in [1.807, 2.05) is 0 Å². The van der Waals surface area contributed by atoms with E-state index >= 15 is 0 Å². The maximum Gasteiger partial charge on any atom is 0.224 e. The van der Waals surface area contributed by atoms with Gasteiger partial charge in [0.05, 0.1) is 22.1 Å². The number of rotatable bonds is 7. The quantitative estimate of drug-likeness (QED) is 0.811. The molecule has 1 aromatic rings. The molecule has 20 heavy (non-hydrogen) atoms. The van der Waals surface area contributed by atoms with Crippen molar-refractivity contribution in [1.82, 2.24) is 5.32 Å². The van der Waals surface area contributed by atoms with Gasteiger partial charge in [0.15, 0.2) is 0 Å². The zero-order chi connectivity index (χ0) is 15.2. The second-order valence-electron chi connectivity index (χ2n) is 4.94. The first-order valence-corrected chi connectivity index (χ1v) is 7.01. The summed E-state index contributed by atoms with van der Waals surface area (Å²) in [5, 5.41) is 13.6. The molecule has 0 saturated carbocycles. The molecular formula is C14H19Cl2NO3. The number of carbonyl (C=O) groups is 1. The number of ether oxygens (including phenoxy) is 1. The minimum absolute atomic E-state index is 0.177. The number of amides is 1. The second-order valence-corrected chi connectivity index (χ2v) is 5.76. The van der Waals surface area contributed by atoms with Gasteiger partial charge in [-0.05, 0) is 24.6 Å². The first-order valence-electron chi connectivity index (χ1n) is 6.26. The van der Waals surface area contributed by atoms with Crippen molar-refractivity contribution in [3.63, 3.8) is 0 Å². The smallest absolute Gasteiger partial charge is 0.224 e. The summed E-state index contributed by atoms with van der Waals surface area (Å²) in [6.07, 6.45) is 0.647. The first-order chi connectivity index (χ1) is 9.34. The Kier molecular flexibility index (Phi) is 6.76. The highest BCUT2D eigenvalue weighted by atomic mass is 35.5. The maximum absolute atomic E-state index is 11.8. The number of nitrogens with one attached hydrogen (secondary N) is 1. The van der Waals surface area contributed by atoms with Crippen molar-refractivity contribution >= 4 is 29.1 Å². The normalized spacial score (nSPS) is 13.8. The molecule has 6 heteroatoms. The third kappa shape index (κ3) is 6.09. The van der Waals surface area contributed by atoms with E-state index in [-0.39, 0.29) is 18.9 Å². The van der Waals surface area contributed by atoms with Crippen LogP contribution in [0.1, 0.15) is 18.9 Å². The number of aliphatic hydroxyl groups is 1. The molecule has 112 valence electrons. The van der Waals surface area contributed by atoms with Crippen LogP contribution in [0.2, 0.25) is 10.0 Å². The molecule has 0 aliphatic heterocycles. The fraction of sp³-hybridized carbons (Fsp3) is 0.500. The van der Waals surface area contributed by atoms with Gasteiger partial charge in [0.1, 0.15) is 0 Å². The van der Waals surface area contributed by atoms with Crippen molar-refractivity contribution in [3.05, 3.63) is 33.8 Å². The molecule has 1 rings (SSSR count). The molecule has 0 heterocycles. The van der Waals surface area contributed by atoms with Crippen LogP contribution >= 0.6 is 23.2 Å². The molecule has 4 nitrogen and oxygen atoms in total. The van der Waals surface area contributed by atoms with E-state index in [2.05, 4.69) is 5.32 Å². The predicted octanol–water partition coefficient (Wildman–Crippen LogP) is 2.44. The van der Waals surface area contributed by atoms with Crippen molar-refractivity contribution in [2.45, 2.75) is 25.4 Å². The van der Waals surface area contributed by atoms with Gasteiger partial charge >= 0.3 is 0 Å². The minimum atomic E-state index is -0.983. The van der Waals surface area contributed by atoms with Gasteiger partial charge < -0.3 is 15.2 Å². The van der Waals surface area contributed by atoms with Crippen LogP contribution in [0, 0.1) is 0 Å². The fourth-order valence-corrected chi connectivity index (χ4v) is 1.92. The zero-order valence-corrected chi connectivity index (χ0v) is 13.1. The van der Waals surface area contributed by atoms with Gasteiger partial charge in [0, 0.05) is 26.7 Å².